The van der Waals surface area contributed by atoms with Crippen LogP contribution in [0, 0.1) is 0 Å². The molecule has 4 nitrogen and oxygen atoms in total. The quantitative estimate of drug-likeness (QED) is 0.275. The van der Waals surface area contributed by atoms with Gasteiger partial charge in [-0.1, -0.05) is 0 Å². The zero-order valence-electron chi connectivity index (χ0n) is 20.4. The van der Waals surface area contributed by atoms with Gasteiger partial charge in [-0.05, 0) is 0 Å². The fourth-order valence-corrected chi connectivity index (χ4v) is 10.6. The molecule has 3 aromatic carbocycles. The van der Waals surface area contributed by atoms with Crippen LogP contribution in [0.25, 0.3) is 0 Å². The van der Waals surface area contributed by atoms with E-state index < -0.39 is 8.32 Å². The average molecular weight is 542 g/mol. The number of methoxy groups -OCH3 is 1. The summed E-state index contributed by atoms with van der Waals surface area (Å²) in [4.78, 5) is 11.8. The average Bonchev–Trinajstić information content (AvgIpc) is 2.86. The van der Waals surface area contributed by atoms with Gasteiger partial charge in [0.15, 0.2) is 0 Å². The molecule has 180 valence electrons. The van der Waals surface area contributed by atoms with Crippen molar-refractivity contribution in [2.45, 2.75) is 37.2 Å². The molecule has 0 saturated heterocycles. The number of ether oxygens (including phenoxy) is 2. The Hall–Kier alpha value is -2.21. The van der Waals surface area contributed by atoms with Gasteiger partial charge in [0.1, 0.15) is 0 Å². The Labute approximate surface area is 210 Å². The third-order valence-corrected chi connectivity index (χ3v) is 13.2. The van der Waals surface area contributed by atoms with Crippen LogP contribution in [0.15, 0.2) is 91.0 Å². The zero-order valence-corrected chi connectivity index (χ0v) is 23.1. The minimum absolute atomic E-state index is 0.0733. The van der Waals surface area contributed by atoms with E-state index in [0.29, 0.717) is 6.61 Å². The van der Waals surface area contributed by atoms with Gasteiger partial charge in [0.2, 0.25) is 0 Å². The van der Waals surface area contributed by atoms with Crippen LogP contribution in [0.2, 0.25) is 10.4 Å². The Bertz CT molecular complexity index is 967. The first-order valence-electron chi connectivity index (χ1n) is 11.5. The number of carbonyl (C=O) groups is 1. The molecule has 0 bridgehead atoms. The topological polar surface area (TPSA) is 44.8 Å². The molecular weight excluding hydrogens is 507 g/mol. The molecule has 0 unspecified atom stereocenters. The van der Waals surface area contributed by atoms with Crippen LogP contribution in [-0.2, 0) is 18.7 Å². The van der Waals surface area contributed by atoms with E-state index in [1.54, 1.807) is 0 Å². The summed E-state index contributed by atoms with van der Waals surface area (Å²) in [5.74, 6) is -0.373. The van der Waals surface area contributed by atoms with Gasteiger partial charge < -0.3 is 0 Å². The van der Waals surface area contributed by atoms with Gasteiger partial charge in [0.05, 0.1) is 0 Å². The van der Waals surface area contributed by atoms with Crippen LogP contribution < -0.4 is 14.8 Å². The van der Waals surface area contributed by atoms with Crippen LogP contribution in [0.4, 0.5) is 0 Å². The summed E-state index contributed by atoms with van der Waals surface area (Å²) in [5, 5.41) is 3.15. The molecule has 34 heavy (non-hydrogen) atoms. The molecule has 1 atom stereocenters. The number of esters is 1. The van der Waals surface area contributed by atoms with Gasteiger partial charge in [0.25, 0.3) is 0 Å². The summed E-state index contributed by atoms with van der Waals surface area (Å²) in [7, 11) is -1.29. The number of benzene rings is 3. The zero-order chi connectivity index (χ0) is 24.4. The Balaban J connectivity index is 1.91. The Morgan fingerprint density at radius 3 is 1.82 bits per heavy atom. The maximum absolute atomic E-state index is 11.8. The van der Waals surface area contributed by atoms with E-state index >= 15 is 0 Å². The standard InChI is InChI=1S/C28H34O4SeSi/c1-28(2,3)34(25-16-10-6-11-17-25,26-18-12-7-13-19-26)32-20-23(31-21-27(29)30-4)22-33-24-14-8-5-9-15-24/h5-19,23H,20-22H2,1-4H3/t23-/m1/s1. The molecule has 0 saturated carbocycles. The summed E-state index contributed by atoms with van der Waals surface area (Å²) in [5.41, 5.74) is 0. The molecule has 0 spiro atoms. The van der Waals surface area contributed by atoms with Crippen LogP contribution in [0.1, 0.15) is 20.8 Å². The van der Waals surface area contributed by atoms with Crippen LogP contribution in [-0.4, -0.2) is 55.7 Å². The summed E-state index contributed by atoms with van der Waals surface area (Å²) in [6, 6.07) is 31.6. The second-order valence-corrected chi connectivity index (χ2v) is 15.7. The van der Waals surface area contributed by atoms with E-state index in [9.17, 15) is 4.79 Å². The number of hydrogen-bond donors (Lipinski definition) is 0. The molecular formula is C28H34O4SeSi. The van der Waals surface area contributed by atoms with E-state index in [-0.39, 0.29) is 38.7 Å². The number of rotatable bonds is 11. The van der Waals surface area contributed by atoms with E-state index in [2.05, 4.69) is 93.6 Å². The van der Waals surface area contributed by atoms with Crippen molar-refractivity contribution in [1.29, 1.82) is 0 Å². The summed E-state index contributed by atoms with van der Waals surface area (Å²) in [6.45, 7) is 7.13. The molecule has 0 aliphatic carbocycles. The van der Waals surface area contributed by atoms with Crippen molar-refractivity contribution < 1.29 is 18.7 Å². The fourth-order valence-electron chi connectivity index (χ4n) is 4.07. The van der Waals surface area contributed by atoms with Crippen molar-refractivity contribution in [3.8, 4) is 0 Å². The molecule has 0 N–H and O–H groups in total. The summed E-state index contributed by atoms with van der Waals surface area (Å²) < 4.78 is 19.2. The Morgan fingerprint density at radius 2 is 1.35 bits per heavy atom. The molecule has 0 aliphatic rings. The first-order chi connectivity index (χ1) is 16.4. The normalized spacial score (nSPS) is 12.8. The van der Waals surface area contributed by atoms with Crippen molar-refractivity contribution in [1.82, 2.24) is 0 Å². The SMILES string of the molecule is COC(=O)CO[C@H](CO[Si](c1ccccc1)(c1ccccc1)C(C)(C)C)C[Se]c1ccccc1. The van der Waals surface area contributed by atoms with Gasteiger partial charge in [0, 0.05) is 0 Å². The summed E-state index contributed by atoms with van der Waals surface area (Å²) in [6.07, 6.45) is -0.207. The predicted molar refractivity (Wildman–Crippen MR) is 142 cm³/mol. The van der Waals surface area contributed by atoms with E-state index in [0.717, 1.165) is 5.32 Å². The van der Waals surface area contributed by atoms with Crippen molar-refractivity contribution in [2.75, 3.05) is 20.3 Å². The molecule has 0 fully saturated rings. The van der Waals surface area contributed by atoms with Gasteiger partial charge >= 0.3 is 211 Å². The predicted octanol–water partition coefficient (Wildman–Crippen LogP) is 3.57. The van der Waals surface area contributed by atoms with Crippen molar-refractivity contribution >= 4 is 44.1 Å². The molecule has 0 aromatic heterocycles. The fraction of sp³-hybridized carbons (Fsp3) is 0.321. The third-order valence-electron chi connectivity index (χ3n) is 5.75. The second kappa shape index (κ2) is 12.5. The molecule has 0 aliphatic heterocycles. The molecule has 0 amide bonds. The van der Waals surface area contributed by atoms with Crippen molar-refractivity contribution in [2.24, 2.45) is 0 Å². The third kappa shape index (κ3) is 6.68. The molecule has 3 rings (SSSR count). The van der Waals surface area contributed by atoms with Gasteiger partial charge in [-0.15, -0.1) is 0 Å². The molecule has 0 radical (unpaired) electrons. The van der Waals surface area contributed by atoms with Gasteiger partial charge in [-0.2, -0.15) is 0 Å². The van der Waals surface area contributed by atoms with Crippen LogP contribution in [0.3, 0.4) is 0 Å². The van der Waals surface area contributed by atoms with Gasteiger partial charge in [-0.25, -0.2) is 0 Å². The van der Waals surface area contributed by atoms with Crippen molar-refractivity contribution in [3.63, 3.8) is 0 Å². The Morgan fingerprint density at radius 1 is 0.853 bits per heavy atom. The summed E-state index contributed by atoms with van der Waals surface area (Å²) >= 11 is 0.205. The Kier molecular flexibility index (Phi) is 9.69. The first-order valence-corrected chi connectivity index (χ1v) is 15.5. The first kappa shape index (κ1) is 26.4. The minimum atomic E-state index is -2.67. The molecule has 6 heteroatoms. The van der Waals surface area contributed by atoms with E-state index in [1.165, 1.54) is 21.9 Å². The van der Waals surface area contributed by atoms with Crippen LogP contribution >= 0.6 is 0 Å². The van der Waals surface area contributed by atoms with Gasteiger partial charge in [-0.3, -0.25) is 0 Å². The maximum atomic E-state index is 11.8. The van der Waals surface area contributed by atoms with E-state index in [4.69, 9.17) is 13.9 Å². The van der Waals surface area contributed by atoms with Crippen LogP contribution in [0.5, 0.6) is 0 Å². The number of carbonyl (C=O) groups excluding carboxylic acids is 1. The molecule has 3 aromatic rings. The van der Waals surface area contributed by atoms with E-state index in [1.807, 2.05) is 18.2 Å². The second-order valence-electron chi connectivity index (χ2n) is 9.11. The monoisotopic (exact) mass is 542 g/mol. The molecule has 0 heterocycles. The van der Waals surface area contributed by atoms with Crippen molar-refractivity contribution in [3.05, 3.63) is 91.0 Å². The number of hydrogen-bond acceptors (Lipinski definition) is 4.